The molecule has 2 N–H and O–H groups in total. The van der Waals surface area contributed by atoms with Gasteiger partial charge in [-0.25, -0.2) is 0 Å². The first-order valence-corrected chi connectivity index (χ1v) is 9.83. The van der Waals surface area contributed by atoms with Crippen molar-refractivity contribution in [1.29, 1.82) is 0 Å². The summed E-state index contributed by atoms with van der Waals surface area (Å²) in [5.74, 6) is 1.10. The summed E-state index contributed by atoms with van der Waals surface area (Å²) < 4.78 is 0. The second-order valence-electron chi connectivity index (χ2n) is 7.78. The van der Waals surface area contributed by atoms with Crippen LogP contribution in [0.2, 0.25) is 5.02 Å². The normalized spacial score (nSPS) is 21.8. The number of carbonyl (C=O) groups is 1. The molecular formula is C20H29ClN4O. The molecule has 1 aliphatic heterocycles. The number of nitrogens with one attached hydrogen (secondary N) is 2. The topological polar surface area (TPSA) is 56.7 Å². The van der Waals surface area contributed by atoms with Crippen LogP contribution >= 0.6 is 11.6 Å². The summed E-state index contributed by atoms with van der Waals surface area (Å²) in [6.45, 7) is 6.33. The van der Waals surface area contributed by atoms with Gasteiger partial charge in [-0.15, -0.1) is 0 Å². The first-order chi connectivity index (χ1) is 12.4. The highest BCUT2D eigenvalue weighted by Crippen LogP contribution is 2.47. The van der Waals surface area contributed by atoms with Crippen LogP contribution in [0.25, 0.3) is 0 Å². The van der Waals surface area contributed by atoms with Gasteiger partial charge in [0.05, 0.1) is 0 Å². The summed E-state index contributed by atoms with van der Waals surface area (Å²) in [6.07, 6.45) is 3.32. The molecule has 26 heavy (non-hydrogen) atoms. The number of benzene rings is 1. The predicted octanol–water partition coefficient (Wildman–Crippen LogP) is 2.79. The molecule has 1 aromatic carbocycles. The van der Waals surface area contributed by atoms with E-state index in [2.05, 4.69) is 27.8 Å². The summed E-state index contributed by atoms with van der Waals surface area (Å²) in [5, 5.41) is 7.73. The first kappa shape index (κ1) is 19.0. The lowest BCUT2D eigenvalue weighted by atomic mass is 9.96. The van der Waals surface area contributed by atoms with Gasteiger partial charge in [0.25, 0.3) is 0 Å². The van der Waals surface area contributed by atoms with Crippen molar-refractivity contribution in [3.63, 3.8) is 0 Å². The van der Waals surface area contributed by atoms with Crippen LogP contribution in [-0.2, 0) is 10.2 Å². The van der Waals surface area contributed by atoms with E-state index in [1.807, 2.05) is 30.9 Å². The summed E-state index contributed by atoms with van der Waals surface area (Å²) >= 11 is 6.01. The molecule has 1 amide bonds. The number of hydrogen-bond acceptors (Lipinski definition) is 2. The third-order valence-electron chi connectivity index (χ3n) is 5.46. The highest BCUT2D eigenvalue weighted by atomic mass is 35.5. The molecule has 0 spiro atoms. The molecule has 142 valence electrons. The minimum atomic E-state index is 0.0558. The Morgan fingerprint density at radius 2 is 2.04 bits per heavy atom. The predicted molar refractivity (Wildman–Crippen MR) is 107 cm³/mol. The van der Waals surface area contributed by atoms with Gasteiger partial charge in [-0.1, -0.05) is 37.6 Å². The largest absolute Gasteiger partial charge is 0.356 e. The molecule has 2 aliphatic rings. The average molecular weight is 377 g/mol. The third-order valence-corrected chi connectivity index (χ3v) is 5.71. The second kappa shape index (κ2) is 7.87. The van der Waals surface area contributed by atoms with Crippen molar-refractivity contribution in [2.45, 2.75) is 44.6 Å². The molecule has 3 rings (SSSR count). The van der Waals surface area contributed by atoms with Crippen LogP contribution in [0.4, 0.5) is 0 Å². The molecule has 5 nitrogen and oxygen atoms in total. The first-order valence-electron chi connectivity index (χ1n) is 9.45. The SMILES string of the molecule is CN=C(NCC1(c2ccc(Cl)cc2)CC1)NC1CCN(C(=O)C(C)C)C1. The zero-order valence-corrected chi connectivity index (χ0v) is 16.6. The van der Waals surface area contributed by atoms with Crippen LogP contribution in [0.5, 0.6) is 0 Å². The zero-order chi connectivity index (χ0) is 18.7. The molecule has 1 aliphatic carbocycles. The van der Waals surface area contributed by atoms with Gasteiger partial charge in [0.2, 0.25) is 5.91 Å². The molecule has 0 aromatic heterocycles. The fraction of sp³-hybridized carbons (Fsp3) is 0.600. The van der Waals surface area contributed by atoms with Crippen molar-refractivity contribution in [1.82, 2.24) is 15.5 Å². The van der Waals surface area contributed by atoms with Gasteiger partial charge in [0, 0.05) is 49.1 Å². The van der Waals surface area contributed by atoms with Crippen molar-refractivity contribution in [2.75, 3.05) is 26.7 Å². The Hall–Kier alpha value is -1.75. The van der Waals surface area contributed by atoms with E-state index < -0.39 is 0 Å². The maximum atomic E-state index is 12.1. The van der Waals surface area contributed by atoms with Gasteiger partial charge in [-0.05, 0) is 37.0 Å². The molecule has 1 saturated carbocycles. The van der Waals surface area contributed by atoms with E-state index in [1.165, 1.54) is 18.4 Å². The zero-order valence-electron chi connectivity index (χ0n) is 15.9. The standard InChI is InChI=1S/C20H29ClN4O/c1-14(2)18(26)25-11-8-17(12-25)24-19(22-3)23-13-20(9-10-20)15-4-6-16(21)7-5-15/h4-7,14,17H,8-13H2,1-3H3,(H2,22,23,24). The Labute approximate surface area is 161 Å². The van der Waals surface area contributed by atoms with Crippen molar-refractivity contribution < 1.29 is 4.79 Å². The van der Waals surface area contributed by atoms with E-state index in [0.29, 0.717) is 0 Å². The lowest BCUT2D eigenvalue weighted by Crippen LogP contribution is -2.47. The van der Waals surface area contributed by atoms with E-state index in [1.54, 1.807) is 7.05 Å². The Balaban J connectivity index is 1.51. The Kier molecular flexibility index (Phi) is 5.76. The van der Waals surface area contributed by atoms with Crippen molar-refractivity contribution in [2.24, 2.45) is 10.9 Å². The number of nitrogens with zero attached hydrogens (tertiary/aromatic N) is 2. The van der Waals surface area contributed by atoms with Gasteiger partial charge >= 0.3 is 0 Å². The van der Waals surface area contributed by atoms with E-state index in [0.717, 1.165) is 37.0 Å². The quantitative estimate of drug-likeness (QED) is 0.613. The highest BCUT2D eigenvalue weighted by molar-refractivity contribution is 6.30. The van der Waals surface area contributed by atoms with E-state index >= 15 is 0 Å². The van der Waals surface area contributed by atoms with Gasteiger partial charge in [0.15, 0.2) is 5.96 Å². The van der Waals surface area contributed by atoms with Crippen LogP contribution in [0, 0.1) is 5.92 Å². The smallest absolute Gasteiger partial charge is 0.225 e. The Morgan fingerprint density at radius 3 is 2.62 bits per heavy atom. The van der Waals surface area contributed by atoms with E-state index in [-0.39, 0.29) is 23.3 Å². The lowest BCUT2D eigenvalue weighted by Gasteiger charge is -2.22. The number of hydrogen-bond donors (Lipinski definition) is 2. The van der Waals surface area contributed by atoms with Crippen molar-refractivity contribution in [3.05, 3.63) is 34.9 Å². The molecule has 1 saturated heterocycles. The summed E-state index contributed by atoms with van der Waals surface area (Å²) in [6, 6.07) is 8.43. The fourth-order valence-electron chi connectivity index (χ4n) is 3.61. The molecule has 6 heteroatoms. The molecule has 1 atom stereocenters. The average Bonchev–Trinajstić information content (AvgIpc) is 3.28. The number of rotatable bonds is 5. The number of carbonyl (C=O) groups excluding carboxylic acids is 1. The van der Waals surface area contributed by atoms with Crippen LogP contribution in [-0.4, -0.2) is 49.5 Å². The van der Waals surface area contributed by atoms with Gasteiger partial charge < -0.3 is 15.5 Å². The van der Waals surface area contributed by atoms with Crippen LogP contribution in [0.3, 0.4) is 0 Å². The number of likely N-dealkylation sites (tertiary alicyclic amines) is 1. The summed E-state index contributed by atoms with van der Waals surface area (Å²) in [7, 11) is 1.79. The van der Waals surface area contributed by atoms with Crippen molar-refractivity contribution >= 4 is 23.5 Å². The highest BCUT2D eigenvalue weighted by Gasteiger charge is 2.44. The van der Waals surface area contributed by atoms with Crippen molar-refractivity contribution in [3.8, 4) is 0 Å². The fourth-order valence-corrected chi connectivity index (χ4v) is 3.73. The summed E-state index contributed by atoms with van der Waals surface area (Å²) in [4.78, 5) is 18.5. The molecule has 1 unspecified atom stereocenters. The number of aliphatic imine (C=N–C) groups is 1. The molecule has 2 fully saturated rings. The van der Waals surface area contributed by atoms with E-state index in [4.69, 9.17) is 11.6 Å². The monoisotopic (exact) mass is 376 g/mol. The maximum absolute atomic E-state index is 12.1. The molecule has 0 radical (unpaired) electrons. The Bertz CT molecular complexity index is 667. The van der Waals surface area contributed by atoms with E-state index in [9.17, 15) is 4.79 Å². The van der Waals surface area contributed by atoms with Crippen LogP contribution in [0.15, 0.2) is 29.3 Å². The minimum absolute atomic E-state index is 0.0558. The minimum Gasteiger partial charge on any atom is -0.356 e. The molecular weight excluding hydrogens is 348 g/mol. The lowest BCUT2D eigenvalue weighted by molar-refractivity contribution is -0.133. The molecule has 1 aromatic rings. The van der Waals surface area contributed by atoms with Crippen LogP contribution in [0.1, 0.15) is 38.7 Å². The summed E-state index contributed by atoms with van der Waals surface area (Å²) in [5.41, 5.74) is 1.52. The second-order valence-corrected chi connectivity index (χ2v) is 8.22. The van der Waals surface area contributed by atoms with Gasteiger partial charge in [-0.3, -0.25) is 9.79 Å². The molecule has 1 heterocycles. The number of halogens is 1. The van der Waals surface area contributed by atoms with Gasteiger partial charge in [0.1, 0.15) is 0 Å². The third kappa shape index (κ3) is 4.32. The molecule has 0 bridgehead atoms. The van der Waals surface area contributed by atoms with Crippen LogP contribution < -0.4 is 10.6 Å². The van der Waals surface area contributed by atoms with Gasteiger partial charge in [-0.2, -0.15) is 0 Å². The number of amides is 1. The Morgan fingerprint density at radius 1 is 1.35 bits per heavy atom. The maximum Gasteiger partial charge on any atom is 0.225 e. The number of guanidine groups is 1.